The molecular formula is C30H34N4O3S. The van der Waals surface area contributed by atoms with E-state index in [0.717, 1.165) is 45.4 Å². The Kier molecular flexibility index (Phi) is 8.52. The van der Waals surface area contributed by atoms with Crippen molar-refractivity contribution in [1.82, 2.24) is 19.7 Å². The summed E-state index contributed by atoms with van der Waals surface area (Å²) in [5.41, 5.74) is 5.67. The second-order valence-electron chi connectivity index (χ2n) is 10.5. The average molecular weight is 531 g/mol. The smallest absolute Gasteiger partial charge is 0.311 e. The van der Waals surface area contributed by atoms with Crippen LogP contribution in [0.2, 0.25) is 0 Å². The van der Waals surface area contributed by atoms with Gasteiger partial charge in [0.2, 0.25) is 0 Å². The van der Waals surface area contributed by atoms with E-state index in [9.17, 15) is 9.59 Å². The van der Waals surface area contributed by atoms with Gasteiger partial charge >= 0.3 is 5.97 Å². The van der Waals surface area contributed by atoms with Crippen LogP contribution in [0, 0.1) is 6.92 Å². The molecule has 3 heterocycles. The van der Waals surface area contributed by atoms with E-state index in [4.69, 9.17) is 9.84 Å². The topological polar surface area (TPSA) is 87.0 Å². The molecule has 0 aliphatic carbocycles. The predicted molar refractivity (Wildman–Crippen MR) is 149 cm³/mol. The van der Waals surface area contributed by atoms with Gasteiger partial charge in [0.25, 0.3) is 0 Å². The summed E-state index contributed by atoms with van der Waals surface area (Å²) in [6.45, 7) is 8.44. The fraction of sp³-hybridized carbons (Fsp3) is 0.367. The van der Waals surface area contributed by atoms with E-state index >= 15 is 0 Å². The first-order chi connectivity index (χ1) is 18.1. The summed E-state index contributed by atoms with van der Waals surface area (Å²) in [6.07, 6.45) is 5.95. The van der Waals surface area contributed by atoms with Crippen LogP contribution in [0.4, 0.5) is 0 Å². The number of benzene rings is 1. The van der Waals surface area contributed by atoms with E-state index in [1.54, 1.807) is 17.5 Å². The van der Waals surface area contributed by atoms with Gasteiger partial charge in [0, 0.05) is 29.1 Å². The van der Waals surface area contributed by atoms with Gasteiger partial charge in [-0.15, -0.1) is 11.3 Å². The molecule has 0 fully saturated rings. The first-order valence-corrected chi connectivity index (χ1v) is 13.5. The number of carbonyl (C=O) groups excluding carboxylic acids is 2. The lowest BCUT2D eigenvalue weighted by Crippen LogP contribution is -2.13. The van der Waals surface area contributed by atoms with Crippen LogP contribution in [0.5, 0.6) is 0 Å². The number of carbonyl (C=O) groups is 2. The SMILES string of the molecule is COC(=O)Cc1cc(CCc2cnc(CC(=O)Cc3cc(C(C)(C)C)nn3-c3ccc(C)cc3)s2)ccn1. The number of Topliss-reactive ketones (excluding diaryl/α,β-unsaturated/α-hetero) is 1. The van der Waals surface area contributed by atoms with Gasteiger partial charge in [-0.25, -0.2) is 9.67 Å². The Bertz CT molecular complexity index is 1410. The maximum absolute atomic E-state index is 13.1. The maximum atomic E-state index is 13.1. The number of hydrogen-bond donors (Lipinski definition) is 0. The zero-order valence-corrected chi connectivity index (χ0v) is 23.5. The van der Waals surface area contributed by atoms with Gasteiger partial charge in [-0.05, 0) is 55.7 Å². The Hall–Kier alpha value is -3.65. The summed E-state index contributed by atoms with van der Waals surface area (Å²) >= 11 is 1.58. The quantitative estimate of drug-likeness (QED) is 0.263. The fourth-order valence-corrected chi connectivity index (χ4v) is 5.02. The van der Waals surface area contributed by atoms with Gasteiger partial charge in [0.05, 0.1) is 42.7 Å². The lowest BCUT2D eigenvalue weighted by atomic mass is 9.92. The highest BCUT2D eigenvalue weighted by molar-refractivity contribution is 7.11. The molecule has 7 nitrogen and oxygen atoms in total. The predicted octanol–water partition coefficient (Wildman–Crippen LogP) is 5.18. The molecule has 0 radical (unpaired) electrons. The first kappa shape index (κ1) is 27.4. The van der Waals surface area contributed by atoms with Crippen molar-refractivity contribution in [1.29, 1.82) is 0 Å². The molecule has 0 unspecified atom stereocenters. The van der Waals surface area contributed by atoms with Gasteiger partial charge in [-0.3, -0.25) is 14.6 Å². The molecule has 38 heavy (non-hydrogen) atoms. The van der Waals surface area contributed by atoms with Crippen molar-refractivity contribution < 1.29 is 14.3 Å². The van der Waals surface area contributed by atoms with Crippen LogP contribution in [-0.4, -0.2) is 38.6 Å². The molecule has 4 rings (SSSR count). The molecule has 8 heteroatoms. The summed E-state index contributed by atoms with van der Waals surface area (Å²) in [6, 6.07) is 14.1. The van der Waals surface area contributed by atoms with Crippen molar-refractivity contribution in [3.63, 3.8) is 0 Å². The molecule has 0 N–H and O–H groups in total. The van der Waals surface area contributed by atoms with E-state index in [-0.39, 0.29) is 23.6 Å². The van der Waals surface area contributed by atoms with Gasteiger partial charge in [0.15, 0.2) is 0 Å². The van der Waals surface area contributed by atoms with E-state index in [0.29, 0.717) is 18.5 Å². The summed E-state index contributed by atoms with van der Waals surface area (Å²) in [7, 11) is 1.37. The molecule has 0 aliphatic rings. The Labute approximate surface area is 227 Å². The number of ether oxygens (including phenoxy) is 1. The van der Waals surface area contributed by atoms with Crippen LogP contribution in [-0.2, 0) is 51.8 Å². The highest BCUT2D eigenvalue weighted by Crippen LogP contribution is 2.25. The third-order valence-corrected chi connectivity index (χ3v) is 7.31. The van der Waals surface area contributed by atoms with Gasteiger partial charge < -0.3 is 4.74 Å². The van der Waals surface area contributed by atoms with Gasteiger partial charge in [-0.1, -0.05) is 38.5 Å². The Morgan fingerprint density at radius 3 is 2.45 bits per heavy atom. The Balaban J connectivity index is 1.40. The number of thiazole rings is 1. The molecule has 0 aliphatic heterocycles. The molecule has 198 valence electrons. The Morgan fingerprint density at radius 1 is 0.974 bits per heavy atom. The second-order valence-corrected chi connectivity index (χ2v) is 11.7. The van der Waals surface area contributed by atoms with Crippen molar-refractivity contribution in [3.05, 3.63) is 93.0 Å². The molecule has 4 aromatic rings. The fourth-order valence-electron chi connectivity index (χ4n) is 4.07. The van der Waals surface area contributed by atoms with Crippen molar-refractivity contribution >= 4 is 23.1 Å². The standard InChI is InChI=1S/C30H34N4O3S/c1-20-6-9-23(10-7-20)34-24(17-27(33-34)30(2,3)4)16-25(35)18-28-32-19-26(38-28)11-8-21-12-13-31-22(14-21)15-29(36)37-5/h6-7,9-10,12-14,17,19H,8,11,15-16,18H2,1-5H3. The van der Waals surface area contributed by atoms with Crippen LogP contribution in [0.25, 0.3) is 5.69 Å². The molecular weight excluding hydrogens is 496 g/mol. The number of ketones is 1. The lowest BCUT2D eigenvalue weighted by Gasteiger charge is -2.14. The highest BCUT2D eigenvalue weighted by atomic mass is 32.1. The lowest BCUT2D eigenvalue weighted by molar-refractivity contribution is -0.139. The Morgan fingerprint density at radius 2 is 1.74 bits per heavy atom. The van der Waals surface area contributed by atoms with E-state index < -0.39 is 0 Å². The van der Waals surface area contributed by atoms with E-state index in [1.165, 1.54) is 12.7 Å². The molecule has 3 aromatic heterocycles. The number of hydrogen-bond acceptors (Lipinski definition) is 7. The number of rotatable bonds is 10. The third-order valence-electron chi connectivity index (χ3n) is 6.25. The molecule has 0 spiro atoms. The minimum Gasteiger partial charge on any atom is -0.469 e. The normalized spacial score (nSPS) is 11.5. The second kappa shape index (κ2) is 11.8. The van der Waals surface area contributed by atoms with Crippen LogP contribution < -0.4 is 0 Å². The minimum absolute atomic E-state index is 0.112. The van der Waals surface area contributed by atoms with Gasteiger partial charge in [-0.2, -0.15) is 5.10 Å². The zero-order chi connectivity index (χ0) is 27.3. The molecule has 0 atom stereocenters. The van der Waals surface area contributed by atoms with Crippen molar-refractivity contribution in [3.8, 4) is 5.69 Å². The molecule has 0 saturated carbocycles. The number of esters is 1. The molecule has 0 saturated heterocycles. The third kappa shape index (κ3) is 7.22. The summed E-state index contributed by atoms with van der Waals surface area (Å²) in [5, 5.41) is 5.67. The molecule has 0 bridgehead atoms. The van der Waals surface area contributed by atoms with Crippen LogP contribution in [0.1, 0.15) is 58.9 Å². The number of pyridine rings is 1. The van der Waals surface area contributed by atoms with E-state index in [1.807, 2.05) is 41.2 Å². The number of aromatic nitrogens is 4. The first-order valence-electron chi connectivity index (χ1n) is 12.7. The van der Waals surface area contributed by atoms with Gasteiger partial charge in [0.1, 0.15) is 10.8 Å². The molecule has 1 aromatic carbocycles. The number of aryl methyl sites for hydroxylation is 3. The zero-order valence-electron chi connectivity index (χ0n) is 22.7. The summed E-state index contributed by atoms with van der Waals surface area (Å²) < 4.78 is 6.62. The largest absolute Gasteiger partial charge is 0.469 e. The monoisotopic (exact) mass is 530 g/mol. The average Bonchev–Trinajstić information content (AvgIpc) is 3.50. The van der Waals surface area contributed by atoms with Crippen molar-refractivity contribution in [2.24, 2.45) is 0 Å². The van der Waals surface area contributed by atoms with Crippen LogP contribution in [0.3, 0.4) is 0 Å². The van der Waals surface area contributed by atoms with Crippen LogP contribution in [0.15, 0.2) is 54.9 Å². The number of methoxy groups -OCH3 is 1. The van der Waals surface area contributed by atoms with Crippen molar-refractivity contribution in [2.45, 2.75) is 65.2 Å². The highest BCUT2D eigenvalue weighted by Gasteiger charge is 2.22. The molecule has 0 amide bonds. The summed E-state index contributed by atoms with van der Waals surface area (Å²) in [5.74, 6) is -0.191. The van der Waals surface area contributed by atoms with E-state index in [2.05, 4.69) is 49.8 Å². The van der Waals surface area contributed by atoms with Crippen molar-refractivity contribution in [2.75, 3.05) is 7.11 Å². The number of nitrogens with zero attached hydrogens (tertiary/aromatic N) is 4. The summed E-state index contributed by atoms with van der Waals surface area (Å²) in [4.78, 5) is 34.5. The maximum Gasteiger partial charge on any atom is 0.311 e. The minimum atomic E-state index is -0.303. The van der Waals surface area contributed by atoms with Crippen LogP contribution >= 0.6 is 11.3 Å².